The second kappa shape index (κ2) is 8.15. The van der Waals surface area contributed by atoms with E-state index in [4.69, 9.17) is 11.6 Å². The van der Waals surface area contributed by atoms with E-state index in [-0.39, 0.29) is 5.02 Å². The standard InChI is InChI=1S/C13H20ClN3O5S2/c1-4-5-9-15-13(18)16-23(19,20)12-10(14)7-6-8-11(12)24(21,22)17(2)3/h6-8H,4-5,9H2,1-3H3,(H2,15,16,18). The van der Waals surface area contributed by atoms with E-state index in [9.17, 15) is 21.6 Å². The summed E-state index contributed by atoms with van der Waals surface area (Å²) < 4.78 is 52.2. The molecule has 0 atom stereocenters. The maximum atomic E-state index is 12.4. The van der Waals surface area contributed by atoms with Gasteiger partial charge in [0.2, 0.25) is 10.0 Å². The van der Waals surface area contributed by atoms with Crippen molar-refractivity contribution in [2.45, 2.75) is 29.6 Å². The lowest BCUT2D eigenvalue weighted by Crippen LogP contribution is -2.40. The van der Waals surface area contributed by atoms with Crippen LogP contribution in [0.25, 0.3) is 0 Å². The van der Waals surface area contributed by atoms with Gasteiger partial charge in [0.05, 0.1) is 5.02 Å². The number of hydrogen-bond acceptors (Lipinski definition) is 5. The monoisotopic (exact) mass is 397 g/mol. The number of carbonyl (C=O) groups is 1. The molecule has 24 heavy (non-hydrogen) atoms. The Balaban J connectivity index is 3.28. The summed E-state index contributed by atoms with van der Waals surface area (Å²) in [5, 5.41) is 2.08. The van der Waals surface area contributed by atoms with Crippen LogP contribution in [0.3, 0.4) is 0 Å². The molecule has 1 aromatic rings. The second-order valence-corrected chi connectivity index (χ2v) is 9.22. The molecule has 0 radical (unpaired) electrons. The fraction of sp³-hybridized carbons (Fsp3) is 0.462. The molecule has 8 nitrogen and oxygen atoms in total. The quantitative estimate of drug-likeness (QED) is 0.675. The first-order chi connectivity index (χ1) is 11.0. The minimum absolute atomic E-state index is 0.295. The molecule has 1 aromatic carbocycles. The molecule has 0 aliphatic rings. The molecule has 0 aromatic heterocycles. The van der Waals surface area contributed by atoms with E-state index in [0.29, 0.717) is 13.0 Å². The van der Waals surface area contributed by atoms with Crippen LogP contribution in [-0.4, -0.2) is 47.8 Å². The van der Waals surface area contributed by atoms with Gasteiger partial charge in [0.15, 0.2) is 0 Å². The molecule has 11 heteroatoms. The smallest absolute Gasteiger partial charge is 0.328 e. The van der Waals surface area contributed by atoms with Crippen molar-refractivity contribution in [1.29, 1.82) is 0 Å². The van der Waals surface area contributed by atoms with Gasteiger partial charge in [-0.15, -0.1) is 0 Å². The number of carbonyl (C=O) groups excluding carboxylic acids is 1. The molecular formula is C13H20ClN3O5S2. The van der Waals surface area contributed by atoms with Crippen LogP contribution in [0.5, 0.6) is 0 Å². The number of nitrogens with zero attached hydrogens (tertiary/aromatic N) is 1. The summed E-state index contributed by atoms with van der Waals surface area (Å²) in [6, 6.07) is 2.72. The van der Waals surface area contributed by atoms with Crippen LogP contribution in [0.2, 0.25) is 5.02 Å². The topological polar surface area (TPSA) is 113 Å². The predicted octanol–water partition coefficient (Wildman–Crippen LogP) is 1.38. The number of hydrogen-bond donors (Lipinski definition) is 2. The highest BCUT2D eigenvalue weighted by atomic mass is 35.5. The molecule has 0 aliphatic heterocycles. The Labute approximate surface area is 147 Å². The highest BCUT2D eigenvalue weighted by Gasteiger charge is 2.31. The lowest BCUT2D eigenvalue weighted by molar-refractivity contribution is 0.245. The first-order valence-electron chi connectivity index (χ1n) is 7.05. The van der Waals surface area contributed by atoms with E-state index in [1.807, 2.05) is 6.92 Å². The van der Waals surface area contributed by atoms with Crippen molar-refractivity contribution >= 4 is 37.7 Å². The van der Waals surface area contributed by atoms with Crippen molar-refractivity contribution in [3.05, 3.63) is 23.2 Å². The third-order valence-corrected chi connectivity index (χ3v) is 6.85. The number of halogens is 1. The van der Waals surface area contributed by atoms with Crippen LogP contribution >= 0.6 is 11.6 Å². The highest BCUT2D eigenvalue weighted by Crippen LogP contribution is 2.29. The van der Waals surface area contributed by atoms with Gasteiger partial charge in [-0.3, -0.25) is 0 Å². The van der Waals surface area contributed by atoms with Crippen molar-refractivity contribution in [2.24, 2.45) is 0 Å². The van der Waals surface area contributed by atoms with Gasteiger partial charge in [0, 0.05) is 20.6 Å². The number of nitrogens with one attached hydrogen (secondary N) is 2. The minimum atomic E-state index is -4.47. The molecule has 0 heterocycles. The van der Waals surface area contributed by atoms with Gasteiger partial charge in [-0.1, -0.05) is 31.0 Å². The van der Waals surface area contributed by atoms with Crippen LogP contribution < -0.4 is 10.0 Å². The van der Waals surface area contributed by atoms with Gasteiger partial charge >= 0.3 is 6.03 Å². The van der Waals surface area contributed by atoms with Crippen LogP contribution in [0.4, 0.5) is 4.79 Å². The van der Waals surface area contributed by atoms with Crippen molar-refractivity contribution in [1.82, 2.24) is 14.3 Å². The molecule has 0 fully saturated rings. The van der Waals surface area contributed by atoms with Gasteiger partial charge in [-0.05, 0) is 18.6 Å². The van der Waals surface area contributed by atoms with E-state index < -0.39 is 35.9 Å². The number of benzene rings is 1. The third-order valence-electron chi connectivity index (χ3n) is 3.00. The molecule has 2 amide bonds. The average molecular weight is 398 g/mol. The summed E-state index contributed by atoms with van der Waals surface area (Å²) in [5.41, 5.74) is 0. The fourth-order valence-corrected chi connectivity index (χ4v) is 4.98. The maximum Gasteiger partial charge on any atom is 0.328 e. The molecule has 0 bridgehead atoms. The van der Waals surface area contributed by atoms with Gasteiger partial charge in [-0.2, -0.15) is 0 Å². The Morgan fingerprint density at radius 2 is 1.83 bits per heavy atom. The van der Waals surface area contributed by atoms with E-state index >= 15 is 0 Å². The van der Waals surface area contributed by atoms with Gasteiger partial charge < -0.3 is 5.32 Å². The van der Waals surface area contributed by atoms with Crippen LogP contribution in [0.1, 0.15) is 19.8 Å². The van der Waals surface area contributed by atoms with Crippen molar-refractivity contribution in [2.75, 3.05) is 20.6 Å². The van der Waals surface area contributed by atoms with Crippen molar-refractivity contribution in [3.8, 4) is 0 Å². The molecule has 2 N–H and O–H groups in total. The molecule has 0 spiro atoms. The zero-order valence-electron chi connectivity index (χ0n) is 13.5. The summed E-state index contributed by atoms with van der Waals surface area (Å²) in [6.45, 7) is 2.21. The molecule has 1 rings (SSSR count). The maximum absolute atomic E-state index is 12.4. The van der Waals surface area contributed by atoms with E-state index in [0.717, 1.165) is 16.8 Å². The second-order valence-electron chi connectivity index (χ2n) is 5.07. The molecule has 0 saturated heterocycles. The van der Waals surface area contributed by atoms with Crippen LogP contribution in [0, 0.1) is 0 Å². The summed E-state index contributed by atoms with van der Waals surface area (Å²) in [7, 11) is -6.02. The number of unbranched alkanes of at least 4 members (excludes halogenated alkanes) is 1. The van der Waals surface area contributed by atoms with Gasteiger partial charge in [-0.25, -0.2) is 30.7 Å². The number of urea groups is 1. The molecule has 0 saturated carbocycles. The van der Waals surface area contributed by atoms with Gasteiger partial charge in [0.1, 0.15) is 9.79 Å². The zero-order chi connectivity index (χ0) is 18.5. The largest absolute Gasteiger partial charge is 0.337 e. The molecule has 136 valence electrons. The Morgan fingerprint density at radius 3 is 2.38 bits per heavy atom. The van der Waals surface area contributed by atoms with Gasteiger partial charge in [0.25, 0.3) is 10.0 Å². The van der Waals surface area contributed by atoms with Crippen molar-refractivity contribution < 1.29 is 21.6 Å². The summed E-state index contributed by atoms with van der Waals surface area (Å²) in [4.78, 5) is 10.5. The predicted molar refractivity (Wildman–Crippen MR) is 91.0 cm³/mol. The Morgan fingerprint density at radius 1 is 1.21 bits per heavy atom. The lowest BCUT2D eigenvalue weighted by atomic mass is 10.3. The van der Waals surface area contributed by atoms with E-state index in [2.05, 4.69) is 5.32 Å². The SMILES string of the molecule is CCCCNC(=O)NS(=O)(=O)c1c(Cl)cccc1S(=O)(=O)N(C)C. The first kappa shape index (κ1) is 20.7. The number of amides is 2. The average Bonchev–Trinajstić information content (AvgIpc) is 2.46. The van der Waals surface area contributed by atoms with Crippen LogP contribution in [-0.2, 0) is 20.0 Å². The third kappa shape index (κ3) is 4.82. The number of sulfonamides is 2. The van der Waals surface area contributed by atoms with Crippen molar-refractivity contribution in [3.63, 3.8) is 0 Å². The Hall–Kier alpha value is -1.36. The molecule has 0 unspecified atom stereocenters. The van der Waals surface area contributed by atoms with E-state index in [1.54, 1.807) is 4.72 Å². The summed E-state index contributed by atoms with van der Waals surface area (Å²) in [5.74, 6) is 0. The highest BCUT2D eigenvalue weighted by molar-refractivity contribution is 7.92. The van der Waals surface area contributed by atoms with E-state index in [1.165, 1.54) is 26.2 Å². The Bertz CT molecular complexity index is 807. The number of rotatable bonds is 7. The fourth-order valence-electron chi connectivity index (χ4n) is 1.74. The lowest BCUT2D eigenvalue weighted by Gasteiger charge is -2.16. The molecular weight excluding hydrogens is 378 g/mol. The first-order valence-corrected chi connectivity index (χ1v) is 10.4. The zero-order valence-corrected chi connectivity index (χ0v) is 15.9. The normalized spacial score (nSPS) is 12.2. The molecule has 0 aliphatic carbocycles. The summed E-state index contributed by atoms with van der Waals surface area (Å²) >= 11 is 5.90. The van der Waals surface area contributed by atoms with Crippen LogP contribution in [0.15, 0.2) is 28.0 Å². The minimum Gasteiger partial charge on any atom is -0.337 e. The summed E-state index contributed by atoms with van der Waals surface area (Å²) in [6.07, 6.45) is 1.50. The Kier molecular flexibility index (Phi) is 7.02.